The lowest BCUT2D eigenvalue weighted by Crippen LogP contribution is -2.34. The van der Waals surface area contributed by atoms with E-state index in [2.05, 4.69) is 5.32 Å². The molecule has 2 rings (SSSR count). The molecule has 1 aromatic rings. The van der Waals surface area contributed by atoms with E-state index < -0.39 is 5.97 Å². The maximum Gasteiger partial charge on any atom is 0.346 e. The third kappa shape index (κ3) is 3.27. The Balaban J connectivity index is 1.97. The number of thioether (sulfide) groups is 1. The summed E-state index contributed by atoms with van der Waals surface area (Å²) < 4.78 is 0. The Kier molecular flexibility index (Phi) is 4.11. The minimum Gasteiger partial charge on any atom is -0.477 e. The number of carboxylic acid groups (broad SMARTS) is 1. The number of carboxylic acids is 1. The fraction of sp³-hybridized carbons (Fsp3) is 0.364. The van der Waals surface area contributed by atoms with E-state index in [1.165, 1.54) is 16.7 Å². The highest BCUT2D eigenvalue weighted by Gasteiger charge is 2.23. The number of anilines is 1. The standard InChI is InChI=1S/C11H12N2O4S2/c1-6-2-8(19-10(6)11(16)17)12-7(14)3-13-5-18-4-9(13)15/h2H,3-5H2,1H3,(H,12,14)(H,16,17). The molecule has 0 saturated carbocycles. The molecule has 19 heavy (non-hydrogen) atoms. The number of thiophene rings is 1. The van der Waals surface area contributed by atoms with Crippen LogP contribution < -0.4 is 5.32 Å². The van der Waals surface area contributed by atoms with Crippen molar-refractivity contribution in [2.45, 2.75) is 6.92 Å². The van der Waals surface area contributed by atoms with Crippen molar-refractivity contribution in [1.82, 2.24) is 4.90 Å². The van der Waals surface area contributed by atoms with Gasteiger partial charge in [0.1, 0.15) is 11.4 Å². The highest BCUT2D eigenvalue weighted by molar-refractivity contribution is 8.00. The summed E-state index contributed by atoms with van der Waals surface area (Å²) in [6.45, 7) is 1.68. The number of nitrogens with zero attached hydrogens (tertiary/aromatic N) is 1. The van der Waals surface area contributed by atoms with Gasteiger partial charge in [-0.3, -0.25) is 9.59 Å². The summed E-state index contributed by atoms with van der Waals surface area (Å²) in [7, 11) is 0. The molecule has 0 bridgehead atoms. The van der Waals surface area contributed by atoms with Crippen LogP contribution in [-0.4, -0.2) is 46.0 Å². The summed E-state index contributed by atoms with van der Waals surface area (Å²) in [5.41, 5.74) is 0.612. The monoisotopic (exact) mass is 300 g/mol. The van der Waals surface area contributed by atoms with Gasteiger partial charge in [0.2, 0.25) is 11.8 Å². The SMILES string of the molecule is Cc1cc(NC(=O)CN2CSCC2=O)sc1C(=O)O. The first-order valence-electron chi connectivity index (χ1n) is 5.46. The Morgan fingerprint density at radius 2 is 2.26 bits per heavy atom. The molecule has 6 nitrogen and oxygen atoms in total. The first-order valence-corrected chi connectivity index (χ1v) is 7.43. The molecule has 0 spiro atoms. The van der Waals surface area contributed by atoms with Gasteiger partial charge >= 0.3 is 5.97 Å². The van der Waals surface area contributed by atoms with Crippen molar-refractivity contribution < 1.29 is 19.5 Å². The van der Waals surface area contributed by atoms with Gasteiger partial charge in [-0.05, 0) is 18.6 Å². The van der Waals surface area contributed by atoms with E-state index in [9.17, 15) is 14.4 Å². The molecule has 2 heterocycles. The molecule has 1 aromatic heterocycles. The number of hydrogen-bond acceptors (Lipinski definition) is 5. The van der Waals surface area contributed by atoms with Crippen molar-refractivity contribution in [3.8, 4) is 0 Å². The van der Waals surface area contributed by atoms with E-state index in [1.54, 1.807) is 13.0 Å². The third-order valence-electron chi connectivity index (χ3n) is 2.53. The van der Waals surface area contributed by atoms with Crippen molar-refractivity contribution in [2.75, 3.05) is 23.5 Å². The van der Waals surface area contributed by atoms with Gasteiger partial charge in [-0.25, -0.2) is 4.79 Å². The fourth-order valence-corrected chi connectivity index (χ4v) is 3.48. The number of hydrogen-bond donors (Lipinski definition) is 2. The van der Waals surface area contributed by atoms with Crippen LogP contribution in [0.4, 0.5) is 5.00 Å². The number of aryl methyl sites for hydroxylation is 1. The van der Waals surface area contributed by atoms with Gasteiger partial charge in [-0.15, -0.1) is 23.1 Å². The van der Waals surface area contributed by atoms with Crippen LogP contribution >= 0.6 is 23.1 Å². The predicted octanol–water partition coefficient (Wildman–Crippen LogP) is 1.23. The molecule has 8 heteroatoms. The minimum absolute atomic E-state index is 0.00514. The van der Waals surface area contributed by atoms with Crippen molar-refractivity contribution in [3.63, 3.8) is 0 Å². The molecule has 0 aromatic carbocycles. The van der Waals surface area contributed by atoms with Crippen LogP contribution in [-0.2, 0) is 9.59 Å². The van der Waals surface area contributed by atoms with Gasteiger partial charge in [0.05, 0.1) is 16.6 Å². The smallest absolute Gasteiger partial charge is 0.346 e. The lowest BCUT2D eigenvalue weighted by molar-refractivity contribution is -0.130. The molecule has 1 saturated heterocycles. The minimum atomic E-state index is -1.01. The summed E-state index contributed by atoms with van der Waals surface area (Å²) in [6, 6.07) is 1.62. The Bertz CT molecular complexity index is 541. The third-order valence-corrected chi connectivity index (χ3v) is 4.62. The van der Waals surface area contributed by atoms with Gasteiger partial charge in [-0.1, -0.05) is 0 Å². The predicted molar refractivity (Wildman–Crippen MR) is 73.7 cm³/mol. The molecule has 2 N–H and O–H groups in total. The van der Waals surface area contributed by atoms with Crippen LogP contribution in [0.5, 0.6) is 0 Å². The van der Waals surface area contributed by atoms with E-state index in [1.807, 2.05) is 0 Å². The second kappa shape index (κ2) is 5.62. The second-order valence-corrected chi connectivity index (χ2v) is 6.05. The number of aromatic carboxylic acids is 1. The van der Waals surface area contributed by atoms with Crippen LogP contribution in [0.15, 0.2) is 6.07 Å². The zero-order valence-corrected chi connectivity index (χ0v) is 11.8. The molecule has 1 aliphatic heterocycles. The largest absolute Gasteiger partial charge is 0.477 e. The maximum absolute atomic E-state index is 11.7. The highest BCUT2D eigenvalue weighted by atomic mass is 32.2. The Morgan fingerprint density at radius 1 is 1.53 bits per heavy atom. The normalized spacial score (nSPS) is 14.8. The molecule has 0 radical (unpaired) electrons. The summed E-state index contributed by atoms with van der Waals surface area (Å²) in [5.74, 6) is -0.429. The van der Waals surface area contributed by atoms with E-state index >= 15 is 0 Å². The maximum atomic E-state index is 11.7. The first kappa shape index (κ1) is 13.9. The quantitative estimate of drug-likeness (QED) is 0.873. The van der Waals surface area contributed by atoms with Gasteiger partial charge in [-0.2, -0.15) is 0 Å². The molecule has 2 amide bonds. The summed E-state index contributed by atoms with van der Waals surface area (Å²) >= 11 is 2.48. The molecule has 1 aliphatic rings. The van der Waals surface area contributed by atoms with Gasteiger partial charge in [0.25, 0.3) is 0 Å². The van der Waals surface area contributed by atoms with E-state index in [0.717, 1.165) is 11.3 Å². The molecule has 0 unspecified atom stereocenters. The van der Waals surface area contributed by atoms with Crippen LogP contribution in [0.25, 0.3) is 0 Å². The second-order valence-electron chi connectivity index (χ2n) is 4.05. The van der Waals surface area contributed by atoms with E-state index in [0.29, 0.717) is 22.2 Å². The van der Waals surface area contributed by atoms with E-state index in [4.69, 9.17) is 5.11 Å². The van der Waals surface area contributed by atoms with Crippen molar-refractivity contribution in [2.24, 2.45) is 0 Å². The van der Waals surface area contributed by atoms with Crippen LogP contribution in [0, 0.1) is 6.92 Å². The average Bonchev–Trinajstić information content (AvgIpc) is 2.86. The first-order chi connectivity index (χ1) is 8.97. The fourth-order valence-electron chi connectivity index (χ4n) is 1.65. The molecule has 0 aliphatic carbocycles. The molecule has 102 valence electrons. The molecule has 0 atom stereocenters. The number of rotatable bonds is 4. The Hall–Kier alpha value is -1.54. The average molecular weight is 300 g/mol. The van der Waals surface area contributed by atoms with Crippen molar-refractivity contribution in [1.29, 1.82) is 0 Å². The molecule has 1 fully saturated rings. The lowest BCUT2D eigenvalue weighted by Gasteiger charge is -2.13. The van der Waals surface area contributed by atoms with Crippen LogP contribution in [0.3, 0.4) is 0 Å². The zero-order valence-electron chi connectivity index (χ0n) is 10.1. The molecular weight excluding hydrogens is 288 g/mol. The summed E-state index contributed by atoms with van der Waals surface area (Å²) in [4.78, 5) is 35.7. The number of amides is 2. The van der Waals surface area contributed by atoms with Crippen LogP contribution in [0.2, 0.25) is 0 Å². The summed E-state index contributed by atoms with van der Waals surface area (Å²) in [6.07, 6.45) is 0. The topological polar surface area (TPSA) is 86.7 Å². The Labute approximate surface area is 117 Å². The van der Waals surface area contributed by atoms with Gasteiger partial charge in [0.15, 0.2) is 0 Å². The van der Waals surface area contributed by atoms with Crippen LogP contribution in [0.1, 0.15) is 15.2 Å². The lowest BCUT2D eigenvalue weighted by atomic mass is 10.3. The van der Waals surface area contributed by atoms with Crippen molar-refractivity contribution >= 4 is 45.9 Å². The molecular formula is C11H12N2O4S2. The number of nitrogens with one attached hydrogen (secondary N) is 1. The van der Waals surface area contributed by atoms with Gasteiger partial charge in [0, 0.05) is 0 Å². The zero-order chi connectivity index (χ0) is 14.0. The van der Waals surface area contributed by atoms with Crippen molar-refractivity contribution in [3.05, 3.63) is 16.5 Å². The highest BCUT2D eigenvalue weighted by Crippen LogP contribution is 2.26. The number of carbonyl (C=O) groups excluding carboxylic acids is 2. The van der Waals surface area contributed by atoms with Gasteiger partial charge < -0.3 is 15.3 Å². The van der Waals surface area contributed by atoms with E-state index in [-0.39, 0.29) is 23.2 Å². The number of carbonyl (C=O) groups is 3. The Morgan fingerprint density at radius 3 is 2.79 bits per heavy atom. The summed E-state index contributed by atoms with van der Waals surface area (Å²) in [5, 5.41) is 12.0.